The second kappa shape index (κ2) is 9.15. The lowest BCUT2D eigenvalue weighted by atomic mass is 10.0. The predicted octanol–water partition coefficient (Wildman–Crippen LogP) is 2.40. The standard InChI is InChI=1S/C20H20BrF3N4O6S/c1-7(28-13(9-3-4-9)11(21)15(26-28)20(22,23)24)16(30)25-12-17(31)27-14(19(32)33)10(5-34-8(2)29)6-35-18(12)27/h7,9,12,18H,3-6H2,1-2H3,(H,25,30)(H,32,33)/t7-,12+,18-/m1/s1. The van der Waals surface area contributed by atoms with Crippen LogP contribution in [0.1, 0.15) is 50.0 Å². The summed E-state index contributed by atoms with van der Waals surface area (Å²) in [5, 5.41) is 15.1. The maximum Gasteiger partial charge on any atom is 0.436 e. The SMILES string of the molecule is CC(=O)OCC1=C(C(=O)O)N2C(=O)[C@H](NC(=O)[C@@H](C)n3nc(C(F)(F)F)c(Br)c3C3CC3)[C@H]2SC1. The molecule has 1 aliphatic carbocycles. The third-order valence-corrected chi connectivity index (χ3v) is 7.98. The van der Waals surface area contributed by atoms with Gasteiger partial charge in [0.25, 0.3) is 5.91 Å². The number of halogens is 4. The summed E-state index contributed by atoms with van der Waals surface area (Å²) in [6.07, 6.45) is -3.37. The predicted molar refractivity (Wildman–Crippen MR) is 118 cm³/mol. The Bertz CT molecular complexity index is 1150. The highest BCUT2D eigenvalue weighted by Gasteiger charge is 2.54. The number of hydrogen-bond acceptors (Lipinski definition) is 7. The Morgan fingerprint density at radius 2 is 2.00 bits per heavy atom. The molecule has 3 heterocycles. The molecule has 4 rings (SSSR count). The minimum atomic E-state index is -4.71. The van der Waals surface area contributed by atoms with E-state index in [1.807, 2.05) is 0 Å². The van der Waals surface area contributed by atoms with Gasteiger partial charge in [0, 0.05) is 24.2 Å². The van der Waals surface area contributed by atoms with Gasteiger partial charge in [-0.15, -0.1) is 11.8 Å². The van der Waals surface area contributed by atoms with Crippen LogP contribution in [0, 0.1) is 0 Å². The van der Waals surface area contributed by atoms with E-state index in [9.17, 15) is 37.5 Å². The van der Waals surface area contributed by atoms with Crippen LogP contribution in [0.25, 0.3) is 0 Å². The Kier molecular flexibility index (Phi) is 6.68. The molecule has 190 valence electrons. The first-order chi connectivity index (χ1) is 16.3. The highest BCUT2D eigenvalue weighted by molar-refractivity contribution is 9.10. The lowest BCUT2D eigenvalue weighted by Gasteiger charge is -2.49. The third kappa shape index (κ3) is 4.67. The van der Waals surface area contributed by atoms with Crippen molar-refractivity contribution in [2.24, 2.45) is 0 Å². The first kappa shape index (κ1) is 25.5. The van der Waals surface area contributed by atoms with E-state index in [0.29, 0.717) is 12.8 Å². The van der Waals surface area contributed by atoms with Crippen molar-refractivity contribution in [1.82, 2.24) is 20.0 Å². The highest BCUT2D eigenvalue weighted by atomic mass is 79.9. The molecule has 2 fully saturated rings. The lowest BCUT2D eigenvalue weighted by molar-refractivity contribution is -0.151. The monoisotopic (exact) mass is 580 g/mol. The quantitative estimate of drug-likeness (QED) is 0.371. The molecule has 3 aliphatic rings. The van der Waals surface area contributed by atoms with Gasteiger partial charge in [-0.25, -0.2) is 4.79 Å². The molecule has 1 saturated carbocycles. The molecule has 1 aromatic rings. The van der Waals surface area contributed by atoms with Crippen LogP contribution in [0.4, 0.5) is 13.2 Å². The van der Waals surface area contributed by atoms with Crippen LogP contribution < -0.4 is 5.32 Å². The Balaban J connectivity index is 1.52. The van der Waals surface area contributed by atoms with Crippen LogP contribution >= 0.6 is 27.7 Å². The number of carbonyl (C=O) groups is 4. The van der Waals surface area contributed by atoms with Gasteiger partial charge in [0.1, 0.15) is 29.8 Å². The zero-order chi connectivity index (χ0) is 25.8. The maximum atomic E-state index is 13.4. The fourth-order valence-corrected chi connectivity index (χ4v) is 6.13. The number of thioether (sulfide) groups is 1. The van der Waals surface area contributed by atoms with Gasteiger partial charge < -0.3 is 15.2 Å². The fourth-order valence-electron chi connectivity index (χ4n) is 3.99. The summed E-state index contributed by atoms with van der Waals surface area (Å²) in [6.45, 7) is 2.27. The van der Waals surface area contributed by atoms with Crippen molar-refractivity contribution >= 4 is 51.4 Å². The molecule has 1 saturated heterocycles. The number of ether oxygens (including phenoxy) is 1. The number of nitrogens with one attached hydrogen (secondary N) is 1. The average Bonchev–Trinajstić information content (AvgIpc) is 3.54. The summed E-state index contributed by atoms with van der Waals surface area (Å²) >= 11 is 4.17. The van der Waals surface area contributed by atoms with Crippen molar-refractivity contribution in [3.8, 4) is 0 Å². The number of carboxylic acids is 1. The summed E-state index contributed by atoms with van der Waals surface area (Å²) in [5.41, 5.74) is -0.903. The molecule has 35 heavy (non-hydrogen) atoms. The normalized spacial score (nSPS) is 22.9. The summed E-state index contributed by atoms with van der Waals surface area (Å²) in [6, 6.07) is -2.22. The van der Waals surface area contributed by atoms with Crippen molar-refractivity contribution in [1.29, 1.82) is 0 Å². The van der Waals surface area contributed by atoms with Gasteiger partial charge in [0.15, 0.2) is 5.69 Å². The molecule has 1 aromatic heterocycles. The zero-order valence-corrected chi connectivity index (χ0v) is 20.8. The molecule has 10 nitrogen and oxygen atoms in total. The first-order valence-electron chi connectivity index (χ1n) is 10.5. The van der Waals surface area contributed by atoms with Crippen LogP contribution in [0.5, 0.6) is 0 Å². The summed E-state index contributed by atoms with van der Waals surface area (Å²) in [4.78, 5) is 49.6. The average molecular weight is 581 g/mol. The molecule has 2 N–H and O–H groups in total. The van der Waals surface area contributed by atoms with Crippen LogP contribution in [-0.4, -0.2) is 67.3 Å². The van der Waals surface area contributed by atoms with Crippen molar-refractivity contribution in [3.63, 3.8) is 0 Å². The number of alkyl halides is 3. The molecule has 0 aromatic carbocycles. The van der Waals surface area contributed by atoms with E-state index in [-0.39, 0.29) is 39.7 Å². The van der Waals surface area contributed by atoms with Gasteiger partial charge in [0.05, 0.1) is 10.2 Å². The van der Waals surface area contributed by atoms with Crippen molar-refractivity contribution < 1.29 is 42.2 Å². The van der Waals surface area contributed by atoms with Gasteiger partial charge in [0.2, 0.25) is 5.91 Å². The Labute approximate surface area is 209 Å². The number of β-lactam (4-membered cyclic amide) rings is 1. The largest absolute Gasteiger partial charge is 0.477 e. The number of aromatic nitrogens is 2. The van der Waals surface area contributed by atoms with E-state index in [1.54, 1.807) is 0 Å². The second-order valence-electron chi connectivity index (χ2n) is 8.37. The molecule has 0 radical (unpaired) electrons. The van der Waals surface area contributed by atoms with Crippen LogP contribution in [0.2, 0.25) is 0 Å². The first-order valence-corrected chi connectivity index (χ1v) is 12.4. The number of hydrogen-bond donors (Lipinski definition) is 2. The van der Waals surface area contributed by atoms with Gasteiger partial charge in [-0.2, -0.15) is 18.3 Å². The van der Waals surface area contributed by atoms with Gasteiger partial charge in [-0.3, -0.25) is 24.0 Å². The summed E-state index contributed by atoms with van der Waals surface area (Å²) in [5.74, 6) is -3.39. The molecule has 0 unspecified atom stereocenters. The molecular weight excluding hydrogens is 561 g/mol. The summed E-state index contributed by atoms with van der Waals surface area (Å²) < 4.78 is 45.9. The molecule has 2 aliphatic heterocycles. The van der Waals surface area contributed by atoms with E-state index in [4.69, 9.17) is 4.74 Å². The topological polar surface area (TPSA) is 131 Å². The van der Waals surface area contributed by atoms with Crippen LogP contribution in [0.3, 0.4) is 0 Å². The molecule has 2 amide bonds. The minimum absolute atomic E-state index is 0.151. The number of amides is 2. The molecule has 0 spiro atoms. The highest BCUT2D eigenvalue weighted by Crippen LogP contribution is 2.48. The Morgan fingerprint density at radius 1 is 1.34 bits per heavy atom. The number of nitrogens with zero attached hydrogens (tertiary/aromatic N) is 3. The second-order valence-corrected chi connectivity index (χ2v) is 10.3. The van der Waals surface area contributed by atoms with E-state index >= 15 is 0 Å². The van der Waals surface area contributed by atoms with Crippen LogP contribution in [-0.2, 0) is 30.1 Å². The number of rotatable bonds is 7. The number of aliphatic carboxylic acids is 1. The number of esters is 1. The van der Waals surface area contributed by atoms with Gasteiger partial charge in [-0.1, -0.05) is 0 Å². The van der Waals surface area contributed by atoms with E-state index in [0.717, 1.165) is 9.58 Å². The van der Waals surface area contributed by atoms with Crippen molar-refractivity contribution in [2.45, 2.75) is 56.2 Å². The van der Waals surface area contributed by atoms with E-state index in [2.05, 4.69) is 26.3 Å². The molecule has 15 heteroatoms. The third-order valence-electron chi connectivity index (χ3n) is 5.86. The van der Waals surface area contributed by atoms with Crippen LogP contribution in [0.15, 0.2) is 15.7 Å². The van der Waals surface area contributed by atoms with Crippen molar-refractivity contribution in [3.05, 3.63) is 27.1 Å². The van der Waals surface area contributed by atoms with E-state index in [1.165, 1.54) is 25.6 Å². The number of carboxylic acid groups (broad SMARTS) is 1. The number of carbonyl (C=O) groups excluding carboxylic acids is 3. The van der Waals surface area contributed by atoms with Crippen molar-refractivity contribution in [2.75, 3.05) is 12.4 Å². The number of fused-ring (bicyclic) bond motifs is 1. The Morgan fingerprint density at radius 3 is 2.54 bits per heavy atom. The molecule has 0 bridgehead atoms. The zero-order valence-electron chi connectivity index (χ0n) is 18.4. The van der Waals surface area contributed by atoms with Gasteiger partial charge >= 0.3 is 18.1 Å². The molecule has 3 atom stereocenters. The lowest BCUT2D eigenvalue weighted by Crippen LogP contribution is -2.71. The van der Waals surface area contributed by atoms with Gasteiger partial charge in [-0.05, 0) is 35.7 Å². The minimum Gasteiger partial charge on any atom is -0.477 e. The fraction of sp³-hybridized carbons (Fsp3) is 0.550. The smallest absolute Gasteiger partial charge is 0.436 e. The molecular formula is C20H20BrF3N4O6S. The summed E-state index contributed by atoms with van der Waals surface area (Å²) in [7, 11) is 0. The maximum absolute atomic E-state index is 13.4. The van der Waals surface area contributed by atoms with E-state index < -0.39 is 53.1 Å². The Hall–Kier alpha value is -2.55.